The average molecular weight is 477 g/mol. The molecule has 0 unspecified atom stereocenters. The highest BCUT2D eigenvalue weighted by molar-refractivity contribution is 14.0. The summed E-state index contributed by atoms with van der Waals surface area (Å²) in [5.41, 5.74) is 1.19. The van der Waals surface area contributed by atoms with E-state index in [1.165, 1.54) is 49.8 Å². The Morgan fingerprint density at radius 3 is 2.68 bits per heavy atom. The Morgan fingerprint density at radius 1 is 1.20 bits per heavy atom. The first-order valence-electron chi connectivity index (χ1n) is 9.01. The summed E-state index contributed by atoms with van der Waals surface area (Å²) < 4.78 is 6.20. The Bertz CT molecular complexity index is 507. The summed E-state index contributed by atoms with van der Waals surface area (Å²) in [5.74, 6) is 3.08. The van der Waals surface area contributed by atoms with Crippen LogP contribution < -0.4 is 15.4 Å². The maximum atomic E-state index is 6.20. The third-order valence-electron chi connectivity index (χ3n) is 4.31. The lowest BCUT2D eigenvalue weighted by Gasteiger charge is -2.18. The van der Waals surface area contributed by atoms with Crippen LogP contribution in [0.5, 0.6) is 5.75 Å². The Balaban J connectivity index is 0.00000312. The molecule has 0 saturated heterocycles. The SMILES string of the molecule is CN=C(NCCCCSC)NCc1ccccc1OC1CCCC1.I. The molecule has 0 radical (unpaired) electrons. The van der Waals surface area contributed by atoms with E-state index in [0.29, 0.717) is 6.10 Å². The number of ether oxygens (including phenoxy) is 1. The molecule has 1 fully saturated rings. The molecule has 1 aliphatic carbocycles. The number of hydrogen-bond acceptors (Lipinski definition) is 3. The van der Waals surface area contributed by atoms with Gasteiger partial charge in [0.2, 0.25) is 0 Å². The van der Waals surface area contributed by atoms with Gasteiger partial charge in [-0.1, -0.05) is 18.2 Å². The fraction of sp³-hybridized carbons (Fsp3) is 0.632. The van der Waals surface area contributed by atoms with Crippen molar-refractivity contribution in [2.45, 2.75) is 51.2 Å². The van der Waals surface area contributed by atoms with Crippen LogP contribution in [0.3, 0.4) is 0 Å². The number of para-hydroxylation sites is 1. The molecule has 0 bridgehead atoms. The quantitative estimate of drug-likeness (QED) is 0.239. The lowest BCUT2D eigenvalue weighted by molar-refractivity contribution is 0.208. The number of rotatable bonds is 9. The number of thioether (sulfide) groups is 1. The zero-order chi connectivity index (χ0) is 17.0. The number of guanidine groups is 1. The number of aliphatic imine (C=N–C) groups is 1. The second-order valence-electron chi connectivity index (χ2n) is 6.18. The number of nitrogens with zero attached hydrogens (tertiary/aromatic N) is 1. The fourth-order valence-electron chi connectivity index (χ4n) is 2.93. The van der Waals surface area contributed by atoms with Crippen molar-refractivity contribution in [3.05, 3.63) is 29.8 Å². The zero-order valence-corrected chi connectivity index (χ0v) is 18.6. The summed E-state index contributed by atoms with van der Waals surface area (Å²) in [6, 6.07) is 8.32. The second-order valence-corrected chi connectivity index (χ2v) is 7.17. The Labute approximate surface area is 174 Å². The van der Waals surface area contributed by atoms with Gasteiger partial charge in [-0.3, -0.25) is 4.99 Å². The van der Waals surface area contributed by atoms with Crippen LogP contribution in [0.25, 0.3) is 0 Å². The number of nitrogens with one attached hydrogen (secondary N) is 2. The van der Waals surface area contributed by atoms with E-state index in [9.17, 15) is 0 Å². The third kappa shape index (κ3) is 8.53. The molecular weight excluding hydrogens is 445 g/mol. The second kappa shape index (κ2) is 13.6. The summed E-state index contributed by atoms with van der Waals surface area (Å²) in [7, 11) is 1.82. The van der Waals surface area contributed by atoms with Crippen molar-refractivity contribution in [1.82, 2.24) is 10.6 Å². The molecule has 0 heterocycles. The van der Waals surface area contributed by atoms with E-state index >= 15 is 0 Å². The van der Waals surface area contributed by atoms with E-state index in [-0.39, 0.29) is 24.0 Å². The smallest absolute Gasteiger partial charge is 0.191 e. The lowest BCUT2D eigenvalue weighted by atomic mass is 10.2. The molecule has 0 aromatic heterocycles. The van der Waals surface area contributed by atoms with E-state index in [2.05, 4.69) is 40.1 Å². The monoisotopic (exact) mass is 477 g/mol. The highest BCUT2D eigenvalue weighted by Crippen LogP contribution is 2.26. The highest BCUT2D eigenvalue weighted by atomic mass is 127. The molecule has 6 heteroatoms. The van der Waals surface area contributed by atoms with E-state index in [4.69, 9.17) is 4.74 Å². The first-order valence-corrected chi connectivity index (χ1v) is 10.4. The summed E-state index contributed by atoms with van der Waals surface area (Å²) in [5, 5.41) is 6.78. The maximum Gasteiger partial charge on any atom is 0.191 e. The summed E-state index contributed by atoms with van der Waals surface area (Å²) >= 11 is 1.90. The average Bonchev–Trinajstić information content (AvgIpc) is 3.11. The van der Waals surface area contributed by atoms with Gasteiger partial charge < -0.3 is 15.4 Å². The molecule has 0 amide bonds. The highest BCUT2D eigenvalue weighted by Gasteiger charge is 2.17. The van der Waals surface area contributed by atoms with E-state index in [1.807, 2.05) is 24.9 Å². The van der Waals surface area contributed by atoms with Gasteiger partial charge in [0.05, 0.1) is 6.10 Å². The van der Waals surface area contributed by atoms with Gasteiger partial charge in [-0.15, -0.1) is 24.0 Å². The molecule has 2 rings (SSSR count). The predicted octanol–water partition coefficient (Wildman–Crippen LogP) is 4.43. The van der Waals surface area contributed by atoms with Gasteiger partial charge in [0.25, 0.3) is 0 Å². The minimum atomic E-state index is 0. The number of benzene rings is 1. The van der Waals surface area contributed by atoms with Crippen LogP contribution in [0.4, 0.5) is 0 Å². The first kappa shape index (κ1) is 22.4. The standard InChI is InChI=1S/C19H31N3OS.HI/c1-20-19(21-13-7-8-14-24-2)22-15-16-9-3-6-12-18(16)23-17-10-4-5-11-17;/h3,6,9,12,17H,4-5,7-8,10-11,13-15H2,1-2H3,(H2,20,21,22);1H. The van der Waals surface area contributed by atoms with Gasteiger partial charge in [-0.2, -0.15) is 11.8 Å². The molecule has 2 N–H and O–H groups in total. The van der Waals surface area contributed by atoms with Crippen molar-refractivity contribution >= 4 is 41.7 Å². The largest absolute Gasteiger partial charge is 0.490 e. The van der Waals surface area contributed by atoms with Crippen molar-refractivity contribution < 1.29 is 4.74 Å². The molecule has 1 aromatic carbocycles. The van der Waals surface area contributed by atoms with Gasteiger partial charge in [0, 0.05) is 25.7 Å². The van der Waals surface area contributed by atoms with Crippen LogP contribution in [-0.4, -0.2) is 37.7 Å². The first-order chi connectivity index (χ1) is 11.8. The molecule has 142 valence electrons. The minimum Gasteiger partial charge on any atom is -0.490 e. The van der Waals surface area contributed by atoms with Crippen molar-refractivity contribution in [2.75, 3.05) is 25.6 Å². The van der Waals surface area contributed by atoms with Crippen LogP contribution in [0, 0.1) is 0 Å². The van der Waals surface area contributed by atoms with Gasteiger partial charge in [0.15, 0.2) is 5.96 Å². The van der Waals surface area contributed by atoms with Crippen molar-refractivity contribution in [1.29, 1.82) is 0 Å². The summed E-state index contributed by atoms with van der Waals surface area (Å²) in [6.07, 6.45) is 9.89. The Morgan fingerprint density at radius 2 is 1.96 bits per heavy atom. The molecule has 25 heavy (non-hydrogen) atoms. The van der Waals surface area contributed by atoms with Crippen molar-refractivity contribution in [3.63, 3.8) is 0 Å². The van der Waals surface area contributed by atoms with Gasteiger partial charge in [-0.05, 0) is 56.6 Å². The normalized spacial score (nSPS) is 14.9. The van der Waals surface area contributed by atoms with Crippen LogP contribution in [-0.2, 0) is 6.54 Å². The molecule has 1 saturated carbocycles. The molecule has 4 nitrogen and oxygen atoms in total. The Hall–Kier alpha value is -0.630. The molecule has 1 aromatic rings. The van der Waals surface area contributed by atoms with Gasteiger partial charge in [-0.25, -0.2) is 0 Å². The van der Waals surface area contributed by atoms with E-state index in [0.717, 1.165) is 24.8 Å². The van der Waals surface area contributed by atoms with Crippen LogP contribution in [0.2, 0.25) is 0 Å². The Kier molecular flexibility index (Phi) is 12.2. The molecule has 0 atom stereocenters. The summed E-state index contributed by atoms with van der Waals surface area (Å²) in [4.78, 5) is 4.30. The lowest BCUT2D eigenvalue weighted by Crippen LogP contribution is -2.37. The number of unbranched alkanes of at least 4 members (excludes halogenated alkanes) is 1. The van der Waals surface area contributed by atoms with Crippen molar-refractivity contribution in [2.24, 2.45) is 4.99 Å². The zero-order valence-electron chi connectivity index (χ0n) is 15.4. The topological polar surface area (TPSA) is 45.7 Å². The number of halogens is 1. The van der Waals surface area contributed by atoms with Gasteiger partial charge >= 0.3 is 0 Å². The van der Waals surface area contributed by atoms with Crippen molar-refractivity contribution in [3.8, 4) is 5.75 Å². The van der Waals surface area contributed by atoms with E-state index in [1.54, 1.807) is 0 Å². The summed E-state index contributed by atoms with van der Waals surface area (Å²) in [6.45, 7) is 1.69. The third-order valence-corrected chi connectivity index (χ3v) is 5.00. The molecule has 0 spiro atoms. The maximum absolute atomic E-state index is 6.20. The van der Waals surface area contributed by atoms with Crippen LogP contribution >= 0.6 is 35.7 Å². The fourth-order valence-corrected chi connectivity index (χ4v) is 3.42. The predicted molar refractivity (Wildman–Crippen MR) is 121 cm³/mol. The molecule has 0 aliphatic heterocycles. The van der Waals surface area contributed by atoms with Crippen LogP contribution in [0.15, 0.2) is 29.3 Å². The molecule has 1 aliphatic rings. The van der Waals surface area contributed by atoms with Crippen LogP contribution in [0.1, 0.15) is 44.1 Å². The van der Waals surface area contributed by atoms with E-state index < -0.39 is 0 Å². The van der Waals surface area contributed by atoms with Gasteiger partial charge in [0.1, 0.15) is 5.75 Å². The minimum absolute atomic E-state index is 0. The molecular formula is C19H32IN3OS. The number of hydrogen-bond donors (Lipinski definition) is 2.